The van der Waals surface area contributed by atoms with E-state index in [1.165, 1.54) is 12.3 Å². The van der Waals surface area contributed by atoms with Gasteiger partial charge in [0, 0.05) is 37.4 Å². The molecule has 3 aromatic rings. The largest absolute Gasteiger partial charge is 0.492 e. The van der Waals surface area contributed by atoms with Gasteiger partial charge in [-0.05, 0) is 67.7 Å². The number of halogens is 2. The molecule has 1 saturated heterocycles. The number of nitrogens with zero attached hydrogens (tertiary/aromatic N) is 2. The number of rotatable bonds is 6. The van der Waals surface area contributed by atoms with E-state index in [-0.39, 0.29) is 11.0 Å². The summed E-state index contributed by atoms with van der Waals surface area (Å²) in [5.74, 6) is 0.331. The third-order valence-corrected chi connectivity index (χ3v) is 6.37. The highest BCUT2D eigenvalue weighted by atomic mass is 35.5. The second-order valence-electron chi connectivity index (χ2n) is 7.91. The molecule has 11 heteroatoms. The number of hydrogen-bond donors (Lipinski definition) is 2. The van der Waals surface area contributed by atoms with E-state index in [2.05, 4.69) is 15.5 Å². The molecule has 8 nitrogen and oxygen atoms in total. The lowest BCUT2D eigenvalue weighted by molar-refractivity contribution is 0.0714. The number of piperazine rings is 1. The van der Waals surface area contributed by atoms with Crippen LogP contribution in [0.3, 0.4) is 0 Å². The minimum Gasteiger partial charge on any atom is -0.492 e. The first-order valence-electron chi connectivity index (χ1n) is 11.3. The van der Waals surface area contributed by atoms with Crippen molar-refractivity contribution in [3.05, 3.63) is 76.2 Å². The van der Waals surface area contributed by atoms with Crippen LogP contribution >= 0.6 is 35.4 Å². The van der Waals surface area contributed by atoms with E-state index in [4.69, 9.17) is 44.6 Å². The van der Waals surface area contributed by atoms with E-state index < -0.39 is 5.91 Å². The van der Waals surface area contributed by atoms with Gasteiger partial charge in [-0.2, -0.15) is 0 Å². The van der Waals surface area contributed by atoms with Crippen molar-refractivity contribution in [3.8, 4) is 5.75 Å². The number of carbonyl (C=O) groups is 2. The van der Waals surface area contributed by atoms with Crippen LogP contribution in [0.2, 0.25) is 10.0 Å². The van der Waals surface area contributed by atoms with Gasteiger partial charge in [0.25, 0.3) is 11.8 Å². The molecule has 2 N–H and O–H groups in total. The van der Waals surface area contributed by atoms with E-state index in [0.717, 1.165) is 5.69 Å². The highest BCUT2D eigenvalue weighted by molar-refractivity contribution is 7.80. The minimum atomic E-state index is -0.401. The molecule has 0 saturated carbocycles. The van der Waals surface area contributed by atoms with Crippen molar-refractivity contribution in [1.82, 2.24) is 10.2 Å². The number of ether oxygens (including phenoxy) is 1. The van der Waals surface area contributed by atoms with Crippen molar-refractivity contribution >= 4 is 63.7 Å². The Bertz CT molecular complexity index is 1260. The van der Waals surface area contributed by atoms with Crippen molar-refractivity contribution in [1.29, 1.82) is 0 Å². The predicted octanol–water partition coefficient (Wildman–Crippen LogP) is 5.07. The van der Waals surface area contributed by atoms with Crippen LogP contribution in [0.5, 0.6) is 5.75 Å². The molecular formula is C25H24Cl2N4O4S. The fraction of sp³-hybridized carbons (Fsp3) is 0.240. The lowest BCUT2D eigenvalue weighted by Crippen LogP contribution is -2.48. The molecule has 1 aliphatic rings. The Labute approximate surface area is 224 Å². The van der Waals surface area contributed by atoms with Crippen LogP contribution in [0, 0.1) is 0 Å². The first kappa shape index (κ1) is 25.8. The number of furan rings is 1. The molecule has 4 rings (SSSR count). The zero-order valence-corrected chi connectivity index (χ0v) is 21.8. The molecule has 1 aromatic heterocycles. The number of hydrogen-bond acceptors (Lipinski definition) is 6. The topological polar surface area (TPSA) is 87.0 Å². The third-order valence-electron chi connectivity index (χ3n) is 5.57. The smallest absolute Gasteiger partial charge is 0.289 e. The maximum atomic E-state index is 12.5. The summed E-state index contributed by atoms with van der Waals surface area (Å²) >= 11 is 18.0. The summed E-state index contributed by atoms with van der Waals surface area (Å²) in [6.07, 6.45) is 1.49. The first-order valence-corrected chi connectivity index (χ1v) is 12.4. The van der Waals surface area contributed by atoms with Gasteiger partial charge in [-0.1, -0.05) is 23.2 Å². The number of nitrogens with one attached hydrogen (secondary N) is 2. The molecule has 1 fully saturated rings. The van der Waals surface area contributed by atoms with E-state index in [0.29, 0.717) is 65.6 Å². The molecule has 0 radical (unpaired) electrons. The number of anilines is 2. The predicted molar refractivity (Wildman–Crippen MR) is 145 cm³/mol. The maximum Gasteiger partial charge on any atom is 0.289 e. The van der Waals surface area contributed by atoms with Gasteiger partial charge in [0.2, 0.25) is 0 Å². The zero-order chi connectivity index (χ0) is 25.7. The van der Waals surface area contributed by atoms with Gasteiger partial charge in [0.1, 0.15) is 5.75 Å². The molecule has 0 bridgehead atoms. The second-order valence-corrected chi connectivity index (χ2v) is 9.13. The van der Waals surface area contributed by atoms with Gasteiger partial charge in [0.05, 0.1) is 28.6 Å². The highest BCUT2D eigenvalue weighted by Gasteiger charge is 2.24. The number of amides is 2. The van der Waals surface area contributed by atoms with E-state index in [1.54, 1.807) is 35.2 Å². The van der Waals surface area contributed by atoms with Gasteiger partial charge < -0.3 is 24.3 Å². The lowest BCUT2D eigenvalue weighted by Gasteiger charge is -2.36. The van der Waals surface area contributed by atoms with Crippen LogP contribution in [0.25, 0.3) is 0 Å². The lowest BCUT2D eigenvalue weighted by atomic mass is 10.2. The van der Waals surface area contributed by atoms with E-state index in [9.17, 15) is 9.59 Å². The molecule has 0 aliphatic carbocycles. The Balaban J connectivity index is 1.32. The van der Waals surface area contributed by atoms with Crippen LogP contribution in [0.1, 0.15) is 27.8 Å². The maximum absolute atomic E-state index is 12.5. The zero-order valence-electron chi connectivity index (χ0n) is 19.4. The molecule has 0 unspecified atom stereocenters. The molecule has 1 aliphatic heterocycles. The van der Waals surface area contributed by atoms with Crippen molar-refractivity contribution in [3.63, 3.8) is 0 Å². The Hall–Kier alpha value is -3.27. The summed E-state index contributed by atoms with van der Waals surface area (Å²) < 4.78 is 10.6. The van der Waals surface area contributed by atoms with Gasteiger partial charge >= 0.3 is 0 Å². The molecule has 188 valence electrons. The quantitative estimate of drug-likeness (QED) is 0.417. The van der Waals surface area contributed by atoms with Crippen LogP contribution in [-0.2, 0) is 0 Å². The van der Waals surface area contributed by atoms with Crippen molar-refractivity contribution in [2.24, 2.45) is 0 Å². The molecule has 2 amide bonds. The second kappa shape index (κ2) is 11.6. The number of carbonyl (C=O) groups excluding carboxylic acids is 2. The summed E-state index contributed by atoms with van der Waals surface area (Å²) in [5, 5.41) is 6.60. The van der Waals surface area contributed by atoms with Crippen molar-refractivity contribution in [2.75, 3.05) is 43.0 Å². The fourth-order valence-electron chi connectivity index (χ4n) is 3.80. The van der Waals surface area contributed by atoms with Gasteiger partial charge in [0.15, 0.2) is 10.9 Å². The summed E-state index contributed by atoms with van der Waals surface area (Å²) in [6.45, 7) is 4.72. The highest BCUT2D eigenvalue weighted by Crippen LogP contribution is 2.30. The Morgan fingerprint density at radius 3 is 2.47 bits per heavy atom. The average molecular weight is 547 g/mol. The average Bonchev–Trinajstić information content (AvgIpc) is 3.40. The Morgan fingerprint density at radius 1 is 1.06 bits per heavy atom. The van der Waals surface area contributed by atoms with Crippen LogP contribution in [0.4, 0.5) is 11.4 Å². The fourth-order valence-corrected chi connectivity index (χ4v) is 4.55. The first-order chi connectivity index (χ1) is 17.4. The molecule has 0 atom stereocenters. The van der Waals surface area contributed by atoms with Crippen LogP contribution in [0.15, 0.2) is 59.2 Å². The summed E-state index contributed by atoms with van der Waals surface area (Å²) in [6, 6.07) is 13.6. The van der Waals surface area contributed by atoms with Gasteiger partial charge in [-0.25, -0.2) is 0 Å². The third kappa shape index (κ3) is 6.10. The monoisotopic (exact) mass is 546 g/mol. The summed E-state index contributed by atoms with van der Waals surface area (Å²) in [5.41, 5.74) is 1.84. The van der Waals surface area contributed by atoms with E-state index in [1.807, 2.05) is 19.1 Å². The standard InChI is InChI=1S/C25H24Cl2N4O4S/c1-2-34-21-8-5-16(14-19(21)27)23(32)29-25(36)28-17-6-7-20(18(26)15-17)30-9-11-31(12-10-30)24(33)22-4-3-13-35-22/h3-8,13-15H,2,9-12H2,1H3,(H2,28,29,32,36). The van der Waals surface area contributed by atoms with Gasteiger partial charge in [-0.15, -0.1) is 0 Å². The number of benzene rings is 2. The molecule has 2 heterocycles. The summed E-state index contributed by atoms with van der Waals surface area (Å²) in [7, 11) is 0. The Kier molecular flexibility index (Phi) is 8.35. The SMILES string of the molecule is CCOc1ccc(C(=O)NC(=S)Nc2ccc(N3CCN(C(=O)c4ccco4)CC3)c(Cl)c2)cc1Cl. The van der Waals surface area contributed by atoms with Crippen LogP contribution in [-0.4, -0.2) is 54.6 Å². The van der Waals surface area contributed by atoms with Crippen molar-refractivity contribution < 1.29 is 18.7 Å². The molecular weight excluding hydrogens is 523 g/mol. The normalized spacial score (nSPS) is 13.3. The van der Waals surface area contributed by atoms with Crippen molar-refractivity contribution in [2.45, 2.75) is 6.92 Å². The summed E-state index contributed by atoms with van der Waals surface area (Å²) in [4.78, 5) is 28.9. The molecule has 36 heavy (non-hydrogen) atoms. The molecule has 2 aromatic carbocycles. The Morgan fingerprint density at radius 2 is 1.83 bits per heavy atom. The molecule has 0 spiro atoms. The number of thiocarbonyl (C=S) groups is 1. The van der Waals surface area contributed by atoms with Crippen LogP contribution < -0.4 is 20.3 Å². The van der Waals surface area contributed by atoms with Gasteiger partial charge in [-0.3, -0.25) is 14.9 Å². The minimum absolute atomic E-state index is 0.117. The van der Waals surface area contributed by atoms with E-state index >= 15 is 0 Å².